The Morgan fingerprint density at radius 2 is 1.63 bits per heavy atom. The molecule has 4 rings (SSSR count). The molecule has 2 heterocycles. The number of benzene rings is 2. The molecule has 2 atom stereocenters. The third-order valence-electron chi connectivity index (χ3n) is 6.29. The molecule has 0 unspecified atom stereocenters. The predicted octanol–water partition coefficient (Wildman–Crippen LogP) is 3.57. The molecule has 2 amide bonds. The summed E-state index contributed by atoms with van der Waals surface area (Å²) in [4.78, 5) is 31.1. The van der Waals surface area contributed by atoms with Gasteiger partial charge in [0.05, 0.1) is 6.04 Å². The van der Waals surface area contributed by atoms with Gasteiger partial charge in [-0.05, 0) is 41.6 Å². The summed E-state index contributed by atoms with van der Waals surface area (Å²) in [6.45, 7) is 6.69. The maximum Gasteiger partial charge on any atom is 0.309 e. The number of halogens is 1. The third-order valence-corrected chi connectivity index (χ3v) is 7.23. The molecule has 6 nitrogen and oxygen atoms in total. The molecule has 1 aliphatic heterocycles. The summed E-state index contributed by atoms with van der Waals surface area (Å²) in [6, 6.07) is 20.1. The Kier molecular flexibility index (Phi) is 8.63. The summed E-state index contributed by atoms with van der Waals surface area (Å²) >= 11 is 1.66. The van der Waals surface area contributed by atoms with Crippen LogP contribution in [0.4, 0.5) is 4.39 Å². The number of thiophene rings is 1. The summed E-state index contributed by atoms with van der Waals surface area (Å²) in [5, 5.41) is 7.56. The summed E-state index contributed by atoms with van der Waals surface area (Å²) in [5.41, 5.74) is 2.04. The molecular formula is C27H31FN4O2S. The fraction of sp³-hybridized carbons (Fsp3) is 0.333. The lowest BCUT2D eigenvalue weighted by molar-refractivity contribution is -0.140. The highest BCUT2D eigenvalue weighted by Crippen LogP contribution is 2.29. The van der Waals surface area contributed by atoms with E-state index in [1.54, 1.807) is 23.5 Å². The SMILES string of the molecule is C[C@H](NC(=O)C(=O)NCc1ccc(F)cc1)[C@@H](c1cccs1)N1CCN(Cc2ccccc2)CC1. The third kappa shape index (κ3) is 6.97. The number of hydrogen-bond donors (Lipinski definition) is 2. The van der Waals surface area contributed by atoms with Crippen LogP contribution in [0.15, 0.2) is 72.1 Å². The fourth-order valence-corrected chi connectivity index (χ4v) is 5.42. The van der Waals surface area contributed by atoms with Gasteiger partial charge in [0.15, 0.2) is 0 Å². The topological polar surface area (TPSA) is 64.7 Å². The lowest BCUT2D eigenvalue weighted by Gasteiger charge is -2.41. The molecule has 1 saturated heterocycles. The van der Waals surface area contributed by atoms with Crippen LogP contribution in [0.1, 0.15) is 29.0 Å². The quantitative estimate of drug-likeness (QED) is 0.470. The predicted molar refractivity (Wildman–Crippen MR) is 136 cm³/mol. The first-order valence-corrected chi connectivity index (χ1v) is 12.7. The molecule has 0 aliphatic carbocycles. The molecule has 0 radical (unpaired) electrons. The van der Waals surface area contributed by atoms with Crippen LogP contribution in [-0.2, 0) is 22.7 Å². The van der Waals surface area contributed by atoms with Crippen molar-refractivity contribution in [3.05, 3.63) is 93.9 Å². The first-order valence-electron chi connectivity index (χ1n) is 11.9. The van der Waals surface area contributed by atoms with Gasteiger partial charge in [-0.15, -0.1) is 11.3 Å². The summed E-state index contributed by atoms with van der Waals surface area (Å²) in [7, 11) is 0. The van der Waals surface area contributed by atoms with Crippen LogP contribution in [0.25, 0.3) is 0 Å². The van der Waals surface area contributed by atoms with Gasteiger partial charge in [0, 0.05) is 50.2 Å². The number of carbonyl (C=O) groups excluding carboxylic acids is 2. The molecular weight excluding hydrogens is 463 g/mol. The minimum Gasteiger partial charge on any atom is -0.344 e. The van der Waals surface area contributed by atoms with Gasteiger partial charge in [0.25, 0.3) is 0 Å². The van der Waals surface area contributed by atoms with Crippen molar-refractivity contribution in [3.63, 3.8) is 0 Å². The van der Waals surface area contributed by atoms with Crippen molar-refractivity contribution in [2.24, 2.45) is 0 Å². The molecule has 1 fully saturated rings. The van der Waals surface area contributed by atoms with E-state index in [0.29, 0.717) is 0 Å². The lowest BCUT2D eigenvalue weighted by Crippen LogP contribution is -2.53. The lowest BCUT2D eigenvalue weighted by atomic mass is 10.0. The average molecular weight is 495 g/mol. The minimum absolute atomic E-state index is 0.0114. The minimum atomic E-state index is -0.696. The van der Waals surface area contributed by atoms with Crippen LogP contribution in [0.5, 0.6) is 0 Å². The van der Waals surface area contributed by atoms with Crippen LogP contribution >= 0.6 is 11.3 Å². The van der Waals surface area contributed by atoms with E-state index < -0.39 is 11.8 Å². The Labute approximate surface area is 209 Å². The largest absolute Gasteiger partial charge is 0.344 e. The van der Waals surface area contributed by atoms with E-state index in [4.69, 9.17) is 0 Å². The van der Waals surface area contributed by atoms with Gasteiger partial charge >= 0.3 is 11.8 Å². The van der Waals surface area contributed by atoms with Gasteiger partial charge in [-0.3, -0.25) is 19.4 Å². The maximum absolute atomic E-state index is 13.1. The Hall–Kier alpha value is -3.07. The van der Waals surface area contributed by atoms with Crippen LogP contribution in [-0.4, -0.2) is 53.8 Å². The Bertz CT molecular complexity index is 1080. The summed E-state index contributed by atoms with van der Waals surface area (Å²) in [5.74, 6) is -1.70. The molecule has 2 N–H and O–H groups in total. The molecule has 0 bridgehead atoms. The standard InChI is InChI=1S/C27H31FN4O2S/c1-20(30-27(34)26(33)29-18-21-9-11-23(28)12-10-21)25(24-8-5-17-35-24)32-15-13-31(14-16-32)19-22-6-3-2-4-7-22/h2-12,17,20,25H,13-16,18-19H2,1H3,(H,29,33)(H,30,34)/t20-,25-/m0/s1. The smallest absolute Gasteiger partial charge is 0.309 e. The summed E-state index contributed by atoms with van der Waals surface area (Å²) in [6.07, 6.45) is 0. The number of nitrogens with zero attached hydrogens (tertiary/aromatic N) is 2. The molecule has 0 saturated carbocycles. The second-order valence-corrected chi connectivity index (χ2v) is 9.81. The van der Waals surface area contributed by atoms with Crippen LogP contribution in [0, 0.1) is 5.82 Å². The number of hydrogen-bond acceptors (Lipinski definition) is 5. The normalized spacial score (nSPS) is 16.4. The van der Waals surface area contributed by atoms with Crippen molar-refractivity contribution in [2.45, 2.75) is 32.1 Å². The van der Waals surface area contributed by atoms with Crippen molar-refractivity contribution in [2.75, 3.05) is 26.2 Å². The van der Waals surface area contributed by atoms with E-state index >= 15 is 0 Å². The molecule has 2 aromatic carbocycles. The van der Waals surface area contributed by atoms with Gasteiger partial charge in [0.2, 0.25) is 0 Å². The van der Waals surface area contributed by atoms with E-state index in [2.05, 4.69) is 50.8 Å². The fourth-order valence-electron chi connectivity index (χ4n) is 4.46. The van der Waals surface area contributed by atoms with Crippen molar-refractivity contribution >= 4 is 23.2 Å². The van der Waals surface area contributed by atoms with Gasteiger partial charge < -0.3 is 10.6 Å². The second kappa shape index (κ2) is 12.1. The molecule has 0 spiro atoms. The number of carbonyl (C=O) groups is 2. The van der Waals surface area contributed by atoms with Crippen LogP contribution < -0.4 is 10.6 Å². The van der Waals surface area contributed by atoms with Crippen molar-refractivity contribution in [3.8, 4) is 0 Å². The van der Waals surface area contributed by atoms with Crippen LogP contribution in [0.3, 0.4) is 0 Å². The summed E-state index contributed by atoms with van der Waals surface area (Å²) < 4.78 is 13.1. The van der Waals surface area contributed by atoms with E-state index in [1.807, 2.05) is 24.4 Å². The molecule has 1 aliphatic rings. The average Bonchev–Trinajstić information content (AvgIpc) is 3.39. The monoisotopic (exact) mass is 494 g/mol. The first-order chi connectivity index (χ1) is 17.0. The number of piperazine rings is 1. The maximum atomic E-state index is 13.1. The van der Waals surface area contributed by atoms with E-state index in [9.17, 15) is 14.0 Å². The van der Waals surface area contributed by atoms with E-state index in [-0.39, 0.29) is 24.4 Å². The van der Waals surface area contributed by atoms with E-state index in [0.717, 1.165) is 38.3 Å². The zero-order valence-corrected chi connectivity index (χ0v) is 20.6. The number of amides is 2. The highest BCUT2D eigenvalue weighted by Gasteiger charge is 2.31. The highest BCUT2D eigenvalue weighted by atomic mass is 32.1. The molecule has 184 valence electrons. The zero-order chi connectivity index (χ0) is 24.6. The number of rotatable bonds is 8. The van der Waals surface area contributed by atoms with Crippen molar-refractivity contribution < 1.29 is 14.0 Å². The van der Waals surface area contributed by atoms with Gasteiger partial charge in [-0.2, -0.15) is 0 Å². The van der Waals surface area contributed by atoms with Crippen molar-refractivity contribution in [1.29, 1.82) is 0 Å². The molecule has 1 aromatic heterocycles. The van der Waals surface area contributed by atoms with Gasteiger partial charge in [-0.1, -0.05) is 48.5 Å². The van der Waals surface area contributed by atoms with Gasteiger partial charge in [-0.25, -0.2) is 4.39 Å². The molecule has 35 heavy (non-hydrogen) atoms. The zero-order valence-electron chi connectivity index (χ0n) is 19.8. The van der Waals surface area contributed by atoms with Crippen LogP contribution in [0.2, 0.25) is 0 Å². The van der Waals surface area contributed by atoms with Crippen molar-refractivity contribution in [1.82, 2.24) is 20.4 Å². The molecule has 3 aromatic rings. The first kappa shape index (κ1) is 25.0. The highest BCUT2D eigenvalue weighted by molar-refractivity contribution is 7.10. The number of nitrogens with one attached hydrogen (secondary N) is 2. The Morgan fingerprint density at radius 3 is 2.29 bits per heavy atom. The van der Waals surface area contributed by atoms with Gasteiger partial charge in [0.1, 0.15) is 5.82 Å². The second-order valence-electron chi connectivity index (χ2n) is 8.83. The molecule has 8 heteroatoms. The Morgan fingerprint density at radius 1 is 0.914 bits per heavy atom. The Balaban J connectivity index is 1.33. The van der Waals surface area contributed by atoms with E-state index in [1.165, 1.54) is 22.6 Å².